The van der Waals surface area contributed by atoms with Crippen molar-refractivity contribution in [2.75, 3.05) is 5.32 Å². The molecule has 1 nitrogen and oxygen atoms in total. The largest absolute Gasteiger partial charge is 0.382 e. The van der Waals surface area contributed by atoms with Gasteiger partial charge in [-0.3, -0.25) is 0 Å². The Morgan fingerprint density at radius 3 is 2.00 bits per heavy atom. The lowest BCUT2D eigenvalue weighted by Crippen LogP contribution is -2.33. The number of benzene rings is 2. The number of nitrogens with one attached hydrogen (secondary N) is 1. The van der Waals surface area contributed by atoms with E-state index in [0.717, 1.165) is 23.6 Å². The van der Waals surface area contributed by atoms with E-state index in [4.69, 9.17) is 34.8 Å². The first-order chi connectivity index (χ1) is 9.60. The summed E-state index contributed by atoms with van der Waals surface area (Å²) < 4.78 is 0. The van der Waals surface area contributed by atoms with Gasteiger partial charge in [-0.15, -0.1) is 0 Å². The quantitative estimate of drug-likeness (QED) is 0.729. The van der Waals surface area contributed by atoms with E-state index in [-0.39, 0.29) is 0 Å². The topological polar surface area (TPSA) is 12.0 Å². The van der Waals surface area contributed by atoms with Crippen molar-refractivity contribution in [3.05, 3.63) is 63.1 Å². The average Bonchev–Trinajstić information content (AvgIpc) is 2.33. The summed E-state index contributed by atoms with van der Waals surface area (Å²) >= 11 is 17.9. The van der Waals surface area contributed by atoms with E-state index in [2.05, 4.69) is 17.4 Å². The minimum absolute atomic E-state index is 0.477. The smallest absolute Gasteiger partial charge is 0.0441 e. The second-order valence-electron chi connectivity index (χ2n) is 5.22. The molecule has 1 fully saturated rings. The molecule has 20 heavy (non-hydrogen) atoms. The molecular formula is C16H14Cl3N. The molecule has 0 aromatic heterocycles. The average molecular weight is 327 g/mol. The number of anilines is 1. The van der Waals surface area contributed by atoms with Crippen LogP contribution in [0.1, 0.15) is 24.3 Å². The maximum atomic E-state index is 6.00. The molecule has 1 N–H and O–H groups in total. The highest BCUT2D eigenvalue weighted by molar-refractivity contribution is 6.35. The Hall–Kier alpha value is -0.890. The zero-order chi connectivity index (χ0) is 14.1. The summed E-state index contributed by atoms with van der Waals surface area (Å²) in [6, 6.07) is 14.2. The van der Waals surface area contributed by atoms with Gasteiger partial charge < -0.3 is 5.32 Å². The minimum Gasteiger partial charge on any atom is -0.382 e. The van der Waals surface area contributed by atoms with Crippen LogP contribution in [0, 0.1) is 0 Å². The molecule has 0 unspecified atom stereocenters. The van der Waals surface area contributed by atoms with Crippen LogP contribution >= 0.6 is 34.8 Å². The van der Waals surface area contributed by atoms with Crippen molar-refractivity contribution in [2.24, 2.45) is 0 Å². The highest BCUT2D eigenvalue weighted by atomic mass is 35.5. The van der Waals surface area contributed by atoms with Crippen LogP contribution in [0.3, 0.4) is 0 Å². The summed E-state index contributed by atoms with van der Waals surface area (Å²) in [6.45, 7) is 0. The molecule has 1 aliphatic carbocycles. The van der Waals surface area contributed by atoms with Gasteiger partial charge in [0.2, 0.25) is 0 Å². The Bertz CT molecular complexity index is 583. The van der Waals surface area contributed by atoms with Crippen LogP contribution < -0.4 is 5.32 Å². The van der Waals surface area contributed by atoms with Crippen molar-refractivity contribution in [3.63, 3.8) is 0 Å². The third-order valence-corrected chi connectivity index (χ3v) is 4.40. The maximum absolute atomic E-state index is 6.00. The molecule has 104 valence electrons. The van der Waals surface area contributed by atoms with E-state index in [1.54, 1.807) is 6.07 Å². The molecule has 0 radical (unpaired) electrons. The van der Waals surface area contributed by atoms with E-state index in [1.165, 1.54) is 5.56 Å². The van der Waals surface area contributed by atoms with Crippen molar-refractivity contribution >= 4 is 40.5 Å². The number of halogens is 3. The third-order valence-electron chi connectivity index (χ3n) is 3.71. The van der Waals surface area contributed by atoms with Gasteiger partial charge in [0.05, 0.1) is 0 Å². The fourth-order valence-corrected chi connectivity index (χ4v) is 3.27. The van der Waals surface area contributed by atoms with E-state index >= 15 is 0 Å². The fourth-order valence-electron chi connectivity index (χ4n) is 2.62. The molecule has 0 heterocycles. The monoisotopic (exact) mass is 325 g/mol. The van der Waals surface area contributed by atoms with Gasteiger partial charge in [0, 0.05) is 26.8 Å². The van der Waals surface area contributed by atoms with Crippen LogP contribution in [0.5, 0.6) is 0 Å². The Kier molecular flexibility index (Phi) is 4.11. The summed E-state index contributed by atoms with van der Waals surface area (Å²) in [5.41, 5.74) is 2.35. The van der Waals surface area contributed by atoms with Gasteiger partial charge in [-0.25, -0.2) is 0 Å². The van der Waals surface area contributed by atoms with Crippen molar-refractivity contribution < 1.29 is 0 Å². The first kappa shape index (κ1) is 14.1. The second kappa shape index (κ2) is 5.85. The van der Waals surface area contributed by atoms with Crippen molar-refractivity contribution in [1.29, 1.82) is 0 Å². The van der Waals surface area contributed by atoms with Gasteiger partial charge in [-0.05, 0) is 54.7 Å². The Morgan fingerprint density at radius 1 is 0.800 bits per heavy atom. The van der Waals surface area contributed by atoms with Gasteiger partial charge in [0.15, 0.2) is 0 Å². The van der Waals surface area contributed by atoms with E-state index < -0.39 is 0 Å². The number of rotatable bonds is 3. The van der Waals surface area contributed by atoms with Gasteiger partial charge >= 0.3 is 0 Å². The van der Waals surface area contributed by atoms with Gasteiger partial charge in [0.1, 0.15) is 0 Å². The summed E-state index contributed by atoms with van der Waals surface area (Å²) in [5.74, 6) is 0.611. The SMILES string of the molecule is Clc1ccc(C2CC(Nc3cc(Cl)cc(Cl)c3)C2)cc1. The number of hydrogen-bond acceptors (Lipinski definition) is 1. The minimum atomic E-state index is 0.477. The van der Waals surface area contributed by atoms with Gasteiger partial charge in [0.25, 0.3) is 0 Å². The van der Waals surface area contributed by atoms with Crippen molar-refractivity contribution in [1.82, 2.24) is 0 Å². The van der Waals surface area contributed by atoms with Gasteiger partial charge in [-0.2, -0.15) is 0 Å². The molecule has 0 saturated heterocycles. The molecule has 1 saturated carbocycles. The van der Waals surface area contributed by atoms with E-state index in [9.17, 15) is 0 Å². The van der Waals surface area contributed by atoms with Crippen LogP contribution in [0.15, 0.2) is 42.5 Å². The summed E-state index contributed by atoms with van der Waals surface area (Å²) in [4.78, 5) is 0. The first-order valence-electron chi connectivity index (χ1n) is 6.58. The number of hydrogen-bond donors (Lipinski definition) is 1. The molecule has 2 aromatic carbocycles. The standard InChI is InChI=1S/C16H14Cl3N/c17-12-3-1-10(2-4-12)11-5-15(6-11)20-16-8-13(18)7-14(19)9-16/h1-4,7-9,11,15,20H,5-6H2. The van der Waals surface area contributed by atoms with Crippen LogP contribution in [-0.2, 0) is 0 Å². The predicted molar refractivity (Wildman–Crippen MR) is 87.3 cm³/mol. The molecule has 2 aromatic rings. The Labute approximate surface area is 133 Å². The first-order valence-corrected chi connectivity index (χ1v) is 7.71. The lowest BCUT2D eigenvalue weighted by molar-refractivity contribution is 0.374. The molecule has 1 aliphatic rings. The molecule has 0 aliphatic heterocycles. The fraction of sp³-hybridized carbons (Fsp3) is 0.250. The van der Waals surface area contributed by atoms with Crippen LogP contribution in [0.25, 0.3) is 0 Å². The molecule has 0 atom stereocenters. The highest BCUT2D eigenvalue weighted by Gasteiger charge is 2.30. The molecule has 3 rings (SSSR count). The summed E-state index contributed by atoms with van der Waals surface area (Å²) in [7, 11) is 0. The van der Waals surface area contributed by atoms with Crippen molar-refractivity contribution in [3.8, 4) is 0 Å². The Balaban J connectivity index is 1.59. The van der Waals surface area contributed by atoms with E-state index in [1.807, 2.05) is 24.3 Å². The second-order valence-corrected chi connectivity index (χ2v) is 6.53. The van der Waals surface area contributed by atoms with Crippen LogP contribution in [0.2, 0.25) is 15.1 Å². The molecule has 0 spiro atoms. The summed E-state index contributed by atoms with van der Waals surface area (Å²) in [6.07, 6.45) is 2.23. The zero-order valence-corrected chi connectivity index (χ0v) is 13.0. The van der Waals surface area contributed by atoms with E-state index in [0.29, 0.717) is 22.0 Å². The summed E-state index contributed by atoms with van der Waals surface area (Å²) in [5, 5.41) is 5.59. The molecule has 0 amide bonds. The lowest BCUT2D eigenvalue weighted by Gasteiger charge is -2.37. The molecule has 0 bridgehead atoms. The third kappa shape index (κ3) is 3.22. The van der Waals surface area contributed by atoms with Crippen LogP contribution in [0.4, 0.5) is 5.69 Å². The molecular weight excluding hydrogens is 313 g/mol. The lowest BCUT2D eigenvalue weighted by atomic mass is 9.76. The molecule has 4 heteroatoms. The highest BCUT2D eigenvalue weighted by Crippen LogP contribution is 2.39. The predicted octanol–water partition coefficient (Wildman–Crippen LogP) is 6.00. The van der Waals surface area contributed by atoms with Crippen LogP contribution in [-0.4, -0.2) is 6.04 Å². The normalized spacial score (nSPS) is 21.4. The maximum Gasteiger partial charge on any atom is 0.0441 e. The Morgan fingerprint density at radius 2 is 1.40 bits per heavy atom. The zero-order valence-electron chi connectivity index (χ0n) is 10.7. The van der Waals surface area contributed by atoms with Crippen molar-refractivity contribution in [2.45, 2.75) is 24.8 Å². The van der Waals surface area contributed by atoms with Gasteiger partial charge in [-0.1, -0.05) is 46.9 Å².